The fraction of sp³-hybridized carbons (Fsp3) is 0.500. The number of hydrogen-bond acceptors (Lipinski definition) is 4. The van der Waals surface area contributed by atoms with Crippen LogP contribution in [0.1, 0.15) is 40.7 Å². The van der Waals surface area contributed by atoms with Crippen molar-refractivity contribution in [1.29, 1.82) is 0 Å². The van der Waals surface area contributed by atoms with Crippen molar-refractivity contribution < 1.29 is 9.53 Å². The monoisotopic (exact) mass is 423 g/mol. The molecule has 2 aromatic carbocycles. The van der Waals surface area contributed by atoms with E-state index < -0.39 is 0 Å². The van der Waals surface area contributed by atoms with Crippen molar-refractivity contribution in [2.45, 2.75) is 53.0 Å². The molecular weight excluding hydrogens is 386 g/mol. The van der Waals surface area contributed by atoms with Gasteiger partial charge in [-0.05, 0) is 69.2 Å². The van der Waals surface area contributed by atoms with Crippen LogP contribution in [0.5, 0.6) is 5.75 Å². The second-order valence-electron chi connectivity index (χ2n) is 8.84. The summed E-state index contributed by atoms with van der Waals surface area (Å²) in [6, 6.07) is 10.9. The van der Waals surface area contributed by atoms with Gasteiger partial charge in [0.15, 0.2) is 6.61 Å². The highest BCUT2D eigenvalue weighted by Gasteiger charge is 2.26. The minimum absolute atomic E-state index is 0.0262. The molecule has 1 fully saturated rings. The highest BCUT2D eigenvalue weighted by atomic mass is 16.5. The average molecular weight is 424 g/mol. The van der Waals surface area contributed by atoms with E-state index in [0.29, 0.717) is 0 Å². The summed E-state index contributed by atoms with van der Waals surface area (Å²) in [7, 11) is 1.91. The highest BCUT2D eigenvalue weighted by Crippen LogP contribution is 2.34. The molecule has 1 aliphatic rings. The molecule has 0 aliphatic carbocycles. The Balaban J connectivity index is 1.49. The fourth-order valence-electron chi connectivity index (χ4n) is 4.46. The zero-order chi connectivity index (χ0) is 22.5. The second kappa shape index (κ2) is 10.2. The van der Waals surface area contributed by atoms with Gasteiger partial charge < -0.3 is 20.3 Å². The highest BCUT2D eigenvalue weighted by molar-refractivity contribution is 5.78. The first-order valence-corrected chi connectivity index (χ1v) is 11.3. The molecule has 0 radical (unpaired) electrons. The van der Waals surface area contributed by atoms with Crippen LogP contribution in [0.4, 0.5) is 5.69 Å². The predicted octanol–water partition coefficient (Wildman–Crippen LogP) is 4.05. The number of piperidine rings is 1. The van der Waals surface area contributed by atoms with E-state index >= 15 is 0 Å². The number of likely N-dealkylation sites (N-methyl/N-ethyl adjacent to an activating group) is 1. The number of nitrogen functional groups attached to an aromatic ring is 1. The SMILES string of the molecule is Cc1c(C)c(N)c(C)c(OCC(=O)N(C)C2CCN(CCc3ccccc3)CC2)c1C. The smallest absolute Gasteiger partial charge is 0.260 e. The van der Waals surface area contributed by atoms with Crippen LogP contribution in [0.15, 0.2) is 30.3 Å². The number of nitrogens with two attached hydrogens (primary N) is 1. The van der Waals surface area contributed by atoms with Crippen LogP contribution in [0.2, 0.25) is 0 Å². The fourth-order valence-corrected chi connectivity index (χ4v) is 4.46. The number of amides is 1. The van der Waals surface area contributed by atoms with Crippen molar-refractivity contribution in [2.75, 3.05) is 39.0 Å². The lowest BCUT2D eigenvalue weighted by Crippen LogP contribution is -2.47. The summed E-state index contributed by atoms with van der Waals surface area (Å²) < 4.78 is 5.99. The van der Waals surface area contributed by atoms with E-state index in [4.69, 9.17) is 10.5 Å². The third-order valence-electron chi connectivity index (χ3n) is 7.01. The lowest BCUT2D eigenvalue weighted by Gasteiger charge is -2.36. The van der Waals surface area contributed by atoms with Crippen molar-refractivity contribution in [3.05, 3.63) is 58.1 Å². The van der Waals surface area contributed by atoms with Gasteiger partial charge in [0, 0.05) is 44.0 Å². The molecule has 0 saturated carbocycles. The summed E-state index contributed by atoms with van der Waals surface area (Å²) in [4.78, 5) is 17.2. The van der Waals surface area contributed by atoms with Crippen molar-refractivity contribution >= 4 is 11.6 Å². The Hall–Kier alpha value is -2.53. The largest absolute Gasteiger partial charge is 0.483 e. The maximum atomic E-state index is 12.8. The van der Waals surface area contributed by atoms with Gasteiger partial charge in [0.25, 0.3) is 5.91 Å². The molecule has 168 valence electrons. The number of hydrogen-bond donors (Lipinski definition) is 1. The van der Waals surface area contributed by atoms with Gasteiger partial charge in [-0.3, -0.25) is 4.79 Å². The lowest BCUT2D eigenvalue weighted by molar-refractivity contribution is -0.135. The van der Waals surface area contributed by atoms with Crippen LogP contribution in [0.3, 0.4) is 0 Å². The van der Waals surface area contributed by atoms with Gasteiger partial charge in [-0.2, -0.15) is 0 Å². The molecule has 5 nitrogen and oxygen atoms in total. The van der Waals surface area contributed by atoms with Crippen LogP contribution < -0.4 is 10.5 Å². The van der Waals surface area contributed by atoms with E-state index in [1.165, 1.54) is 5.56 Å². The number of rotatable bonds is 7. The Morgan fingerprint density at radius 2 is 1.68 bits per heavy atom. The minimum Gasteiger partial charge on any atom is -0.483 e. The number of likely N-dealkylation sites (tertiary alicyclic amines) is 1. The van der Waals surface area contributed by atoms with E-state index in [-0.39, 0.29) is 18.6 Å². The summed E-state index contributed by atoms with van der Waals surface area (Å²) in [6.45, 7) is 11.3. The van der Waals surface area contributed by atoms with E-state index in [1.807, 2.05) is 39.6 Å². The molecule has 0 aromatic heterocycles. The Kier molecular flexibility index (Phi) is 7.60. The van der Waals surface area contributed by atoms with Gasteiger partial charge in [0.05, 0.1) is 0 Å². The molecule has 3 rings (SSSR count). The molecule has 31 heavy (non-hydrogen) atoms. The molecule has 2 N–H and O–H groups in total. The van der Waals surface area contributed by atoms with Crippen molar-refractivity contribution in [3.8, 4) is 5.75 Å². The van der Waals surface area contributed by atoms with Crippen LogP contribution in [0, 0.1) is 27.7 Å². The molecule has 1 amide bonds. The predicted molar refractivity (Wildman–Crippen MR) is 128 cm³/mol. The molecule has 2 aromatic rings. The van der Waals surface area contributed by atoms with Crippen LogP contribution in [-0.2, 0) is 11.2 Å². The minimum atomic E-state index is 0.0262. The number of carbonyl (C=O) groups is 1. The maximum absolute atomic E-state index is 12.8. The van der Waals surface area contributed by atoms with Gasteiger partial charge in [0.1, 0.15) is 5.75 Å². The first kappa shape index (κ1) is 23.1. The van der Waals surface area contributed by atoms with Crippen LogP contribution >= 0.6 is 0 Å². The average Bonchev–Trinajstić information content (AvgIpc) is 2.80. The molecule has 0 spiro atoms. The third-order valence-corrected chi connectivity index (χ3v) is 7.01. The van der Waals surface area contributed by atoms with Gasteiger partial charge in [-0.15, -0.1) is 0 Å². The first-order chi connectivity index (χ1) is 14.8. The quantitative estimate of drug-likeness (QED) is 0.683. The first-order valence-electron chi connectivity index (χ1n) is 11.3. The topological polar surface area (TPSA) is 58.8 Å². The zero-order valence-electron chi connectivity index (χ0n) is 19.7. The Morgan fingerprint density at radius 1 is 1.03 bits per heavy atom. The Bertz CT molecular complexity index is 874. The maximum Gasteiger partial charge on any atom is 0.260 e. The van der Waals surface area contributed by atoms with E-state index in [2.05, 4.69) is 35.2 Å². The van der Waals surface area contributed by atoms with Crippen LogP contribution in [-0.4, -0.2) is 55.0 Å². The third kappa shape index (κ3) is 5.40. The van der Waals surface area contributed by atoms with E-state index in [1.54, 1.807) is 0 Å². The van der Waals surface area contributed by atoms with Crippen molar-refractivity contribution in [3.63, 3.8) is 0 Å². The van der Waals surface area contributed by atoms with E-state index in [0.717, 1.165) is 72.6 Å². The molecule has 1 saturated heterocycles. The molecule has 0 bridgehead atoms. The molecule has 0 unspecified atom stereocenters. The Morgan fingerprint density at radius 3 is 2.32 bits per heavy atom. The molecule has 1 aliphatic heterocycles. The normalized spacial score (nSPS) is 15.1. The van der Waals surface area contributed by atoms with E-state index in [9.17, 15) is 4.79 Å². The summed E-state index contributed by atoms with van der Waals surface area (Å²) in [6.07, 6.45) is 3.09. The summed E-state index contributed by atoms with van der Waals surface area (Å²) >= 11 is 0. The molecule has 1 heterocycles. The number of nitrogens with zero attached hydrogens (tertiary/aromatic N) is 2. The summed E-state index contributed by atoms with van der Waals surface area (Å²) in [5, 5.41) is 0. The molecular formula is C26H37N3O2. The van der Waals surface area contributed by atoms with Crippen LogP contribution in [0.25, 0.3) is 0 Å². The lowest BCUT2D eigenvalue weighted by atomic mass is 9.97. The molecule has 0 atom stereocenters. The number of anilines is 1. The summed E-state index contributed by atoms with van der Waals surface area (Å²) in [5.74, 6) is 0.774. The van der Waals surface area contributed by atoms with Gasteiger partial charge in [0.2, 0.25) is 0 Å². The Labute approximate surface area is 187 Å². The zero-order valence-corrected chi connectivity index (χ0v) is 19.7. The van der Waals surface area contributed by atoms with Gasteiger partial charge in [-0.25, -0.2) is 0 Å². The second-order valence-corrected chi connectivity index (χ2v) is 8.84. The van der Waals surface area contributed by atoms with Gasteiger partial charge >= 0.3 is 0 Å². The number of benzene rings is 2. The van der Waals surface area contributed by atoms with Crippen molar-refractivity contribution in [2.24, 2.45) is 0 Å². The number of carbonyl (C=O) groups excluding carboxylic acids is 1. The standard InChI is InChI=1S/C26H37N3O2/c1-18-19(2)25(27)21(4)26(20(18)3)31-17-24(30)28(5)23-12-15-29(16-13-23)14-11-22-9-7-6-8-10-22/h6-10,23H,11-17,27H2,1-5H3. The summed E-state index contributed by atoms with van der Waals surface area (Å²) in [5.41, 5.74) is 12.6. The number of ether oxygens (including phenoxy) is 1. The van der Waals surface area contributed by atoms with Gasteiger partial charge in [-0.1, -0.05) is 30.3 Å². The molecule has 5 heteroatoms. The van der Waals surface area contributed by atoms with Crippen molar-refractivity contribution in [1.82, 2.24) is 9.80 Å².